The van der Waals surface area contributed by atoms with Crippen molar-refractivity contribution in [3.63, 3.8) is 0 Å². The maximum atomic E-state index is 12.2. The van der Waals surface area contributed by atoms with E-state index in [2.05, 4.69) is 4.98 Å². The van der Waals surface area contributed by atoms with Crippen molar-refractivity contribution in [2.24, 2.45) is 0 Å². The minimum absolute atomic E-state index is 0.102. The van der Waals surface area contributed by atoms with Gasteiger partial charge in [0.25, 0.3) is 10.0 Å². The van der Waals surface area contributed by atoms with Crippen LogP contribution in [0.1, 0.15) is 11.3 Å². The topological polar surface area (TPSA) is 63.4 Å². The molecule has 0 radical (unpaired) electrons. The Kier molecular flexibility index (Phi) is 4.24. The van der Waals surface area contributed by atoms with E-state index in [9.17, 15) is 8.42 Å². The molecule has 0 amide bonds. The molecule has 0 N–H and O–H groups in total. The van der Waals surface area contributed by atoms with E-state index in [1.165, 1.54) is 17.4 Å². The van der Waals surface area contributed by atoms with Gasteiger partial charge in [-0.05, 0) is 23.8 Å². The van der Waals surface area contributed by atoms with E-state index < -0.39 is 10.0 Å². The summed E-state index contributed by atoms with van der Waals surface area (Å²) >= 11 is 5.59. The van der Waals surface area contributed by atoms with Crippen LogP contribution in [0.15, 0.2) is 46.2 Å². The zero-order valence-corrected chi connectivity index (χ0v) is 11.9. The van der Waals surface area contributed by atoms with Crippen molar-refractivity contribution < 1.29 is 12.8 Å². The second kappa shape index (κ2) is 5.73. The van der Waals surface area contributed by atoms with Crippen molar-refractivity contribution in [2.75, 3.05) is 7.05 Å². The standard InChI is InChI=1S/C12H13ClN2O3S/c1-15(9-10-3-2-6-14-8-10)19(16,17)12-5-4-11(7-13)18-12/h2-6,8H,7,9H2,1H3. The lowest BCUT2D eigenvalue weighted by Crippen LogP contribution is -2.26. The van der Waals surface area contributed by atoms with E-state index in [1.54, 1.807) is 24.5 Å². The Labute approximate surface area is 116 Å². The van der Waals surface area contributed by atoms with Gasteiger partial charge in [0.1, 0.15) is 5.76 Å². The number of rotatable bonds is 5. The van der Waals surface area contributed by atoms with Crippen LogP contribution < -0.4 is 0 Å². The van der Waals surface area contributed by atoms with E-state index >= 15 is 0 Å². The summed E-state index contributed by atoms with van der Waals surface area (Å²) in [5.41, 5.74) is 0.803. The number of halogens is 1. The van der Waals surface area contributed by atoms with Crippen molar-refractivity contribution in [3.05, 3.63) is 48.0 Å². The molecule has 2 heterocycles. The van der Waals surface area contributed by atoms with Gasteiger partial charge in [0.2, 0.25) is 5.09 Å². The third-order valence-electron chi connectivity index (χ3n) is 2.56. The van der Waals surface area contributed by atoms with Gasteiger partial charge >= 0.3 is 0 Å². The predicted octanol–water partition coefficient (Wildman–Crippen LogP) is 2.23. The molecule has 19 heavy (non-hydrogen) atoms. The number of furan rings is 1. The van der Waals surface area contributed by atoms with E-state index in [0.29, 0.717) is 5.76 Å². The highest BCUT2D eigenvalue weighted by atomic mass is 35.5. The average molecular weight is 301 g/mol. The predicted molar refractivity (Wildman–Crippen MR) is 71.2 cm³/mol. The van der Waals surface area contributed by atoms with Crippen molar-refractivity contribution in [1.82, 2.24) is 9.29 Å². The first-order valence-electron chi connectivity index (χ1n) is 5.54. The van der Waals surface area contributed by atoms with Gasteiger partial charge in [-0.1, -0.05) is 6.07 Å². The van der Waals surface area contributed by atoms with Crippen LogP contribution >= 0.6 is 11.6 Å². The molecule has 0 aliphatic carbocycles. The molecule has 102 valence electrons. The fourth-order valence-corrected chi connectivity index (χ4v) is 2.78. The molecule has 0 aliphatic rings. The van der Waals surface area contributed by atoms with Gasteiger partial charge in [-0.25, -0.2) is 8.42 Å². The molecular weight excluding hydrogens is 288 g/mol. The lowest BCUT2D eigenvalue weighted by atomic mass is 10.3. The summed E-state index contributed by atoms with van der Waals surface area (Å²) < 4.78 is 30.9. The number of pyridine rings is 1. The summed E-state index contributed by atoms with van der Waals surface area (Å²) in [7, 11) is -2.15. The largest absolute Gasteiger partial charge is 0.447 e. The zero-order valence-electron chi connectivity index (χ0n) is 10.3. The minimum atomic E-state index is -3.65. The Hall–Kier alpha value is -1.37. The molecule has 0 saturated carbocycles. The van der Waals surface area contributed by atoms with Crippen LogP contribution in [0.5, 0.6) is 0 Å². The Morgan fingerprint density at radius 3 is 2.74 bits per heavy atom. The van der Waals surface area contributed by atoms with Crippen LogP contribution in [0.2, 0.25) is 0 Å². The van der Waals surface area contributed by atoms with Gasteiger partial charge in [0.05, 0.1) is 5.88 Å². The third kappa shape index (κ3) is 3.15. The number of aromatic nitrogens is 1. The fourth-order valence-electron chi connectivity index (χ4n) is 1.56. The number of hydrogen-bond donors (Lipinski definition) is 0. The molecule has 5 nitrogen and oxygen atoms in total. The minimum Gasteiger partial charge on any atom is -0.447 e. The van der Waals surface area contributed by atoms with Gasteiger partial charge in [-0.2, -0.15) is 4.31 Å². The van der Waals surface area contributed by atoms with Crippen molar-refractivity contribution in [2.45, 2.75) is 17.5 Å². The Bertz CT molecular complexity index is 640. The van der Waals surface area contributed by atoms with Crippen LogP contribution in [0, 0.1) is 0 Å². The highest BCUT2D eigenvalue weighted by Crippen LogP contribution is 2.20. The summed E-state index contributed by atoms with van der Waals surface area (Å²) in [6.07, 6.45) is 3.26. The lowest BCUT2D eigenvalue weighted by molar-refractivity contribution is 0.393. The van der Waals surface area contributed by atoms with Crippen LogP contribution in [-0.4, -0.2) is 24.8 Å². The second-order valence-corrected chi connectivity index (χ2v) is 6.22. The van der Waals surface area contributed by atoms with E-state index in [0.717, 1.165) is 5.56 Å². The van der Waals surface area contributed by atoms with Crippen molar-refractivity contribution >= 4 is 21.6 Å². The third-order valence-corrected chi connectivity index (χ3v) is 4.50. The van der Waals surface area contributed by atoms with Gasteiger partial charge < -0.3 is 4.42 Å². The molecular formula is C12H13ClN2O3S. The van der Waals surface area contributed by atoms with Crippen molar-refractivity contribution in [1.29, 1.82) is 0 Å². The van der Waals surface area contributed by atoms with Crippen LogP contribution in [0.4, 0.5) is 0 Å². The quantitative estimate of drug-likeness (QED) is 0.794. The van der Waals surface area contributed by atoms with Gasteiger partial charge in [0, 0.05) is 26.0 Å². The van der Waals surface area contributed by atoms with Crippen LogP contribution in [-0.2, 0) is 22.4 Å². The Balaban J connectivity index is 2.19. The molecule has 2 aromatic heterocycles. The average Bonchev–Trinajstić information content (AvgIpc) is 2.89. The maximum absolute atomic E-state index is 12.2. The number of sulfonamides is 1. The highest BCUT2D eigenvalue weighted by Gasteiger charge is 2.24. The Morgan fingerprint density at radius 1 is 1.37 bits per heavy atom. The smallest absolute Gasteiger partial charge is 0.276 e. The lowest BCUT2D eigenvalue weighted by Gasteiger charge is -2.15. The first-order chi connectivity index (χ1) is 9.04. The maximum Gasteiger partial charge on any atom is 0.276 e. The van der Waals surface area contributed by atoms with Crippen molar-refractivity contribution in [3.8, 4) is 0 Å². The number of alkyl halides is 1. The highest BCUT2D eigenvalue weighted by molar-refractivity contribution is 7.88. The number of nitrogens with zero attached hydrogens (tertiary/aromatic N) is 2. The summed E-state index contributed by atoms with van der Waals surface area (Å²) in [6.45, 7) is 0.229. The fraction of sp³-hybridized carbons (Fsp3) is 0.250. The first kappa shape index (κ1) is 14.0. The molecule has 0 saturated heterocycles. The molecule has 0 fully saturated rings. The molecule has 0 aromatic carbocycles. The Morgan fingerprint density at radius 2 is 2.16 bits per heavy atom. The van der Waals surface area contributed by atoms with E-state index in [-0.39, 0.29) is 17.5 Å². The van der Waals surface area contributed by atoms with Crippen LogP contribution in [0.3, 0.4) is 0 Å². The summed E-state index contributed by atoms with van der Waals surface area (Å²) in [4.78, 5) is 3.95. The molecule has 0 bridgehead atoms. The first-order valence-corrected chi connectivity index (χ1v) is 7.51. The normalized spacial score (nSPS) is 11.9. The van der Waals surface area contributed by atoms with Gasteiger partial charge in [-0.3, -0.25) is 4.98 Å². The van der Waals surface area contributed by atoms with Gasteiger partial charge in [-0.15, -0.1) is 11.6 Å². The molecule has 0 atom stereocenters. The monoisotopic (exact) mass is 300 g/mol. The summed E-state index contributed by atoms with van der Waals surface area (Å²) in [5, 5.41) is -0.102. The van der Waals surface area contributed by atoms with E-state index in [4.69, 9.17) is 16.0 Å². The van der Waals surface area contributed by atoms with Gasteiger partial charge in [0.15, 0.2) is 0 Å². The number of hydrogen-bond acceptors (Lipinski definition) is 4. The van der Waals surface area contributed by atoms with Crippen LogP contribution in [0.25, 0.3) is 0 Å². The SMILES string of the molecule is CN(Cc1cccnc1)S(=O)(=O)c1ccc(CCl)o1. The molecule has 2 rings (SSSR count). The molecule has 7 heteroatoms. The molecule has 2 aromatic rings. The summed E-state index contributed by atoms with van der Waals surface area (Å²) in [5.74, 6) is 0.567. The molecule has 0 unspecified atom stereocenters. The van der Waals surface area contributed by atoms with E-state index in [1.807, 2.05) is 6.07 Å². The summed E-state index contributed by atoms with van der Waals surface area (Å²) in [6, 6.07) is 6.53. The molecule has 0 spiro atoms. The molecule has 0 aliphatic heterocycles. The second-order valence-electron chi connectivity index (χ2n) is 3.98. The zero-order chi connectivity index (χ0) is 13.9.